The van der Waals surface area contributed by atoms with E-state index in [1.807, 2.05) is 12.1 Å². The van der Waals surface area contributed by atoms with Crippen LogP contribution in [0, 0.1) is 5.41 Å². The van der Waals surface area contributed by atoms with Crippen LogP contribution in [0.25, 0.3) is 0 Å². The number of carbonyl (C=O) groups excluding carboxylic acids is 1. The second-order valence-corrected chi connectivity index (χ2v) is 7.89. The molecule has 1 spiro atoms. The molecule has 5 heteroatoms. The molecule has 138 valence electrons. The van der Waals surface area contributed by atoms with Crippen LogP contribution in [0.1, 0.15) is 38.2 Å². The van der Waals surface area contributed by atoms with Crippen LogP contribution in [-0.2, 0) is 11.2 Å². The fourth-order valence-electron chi connectivity index (χ4n) is 4.38. The number of nitrogens with zero attached hydrogens (tertiary/aromatic N) is 3. The fraction of sp³-hybridized carbons (Fsp3) is 0.700. The number of piperidine rings is 1. The molecule has 2 aliphatic rings. The molecule has 1 amide bonds. The van der Waals surface area contributed by atoms with Gasteiger partial charge in [0, 0.05) is 25.5 Å². The van der Waals surface area contributed by atoms with Gasteiger partial charge in [-0.25, -0.2) is 0 Å². The summed E-state index contributed by atoms with van der Waals surface area (Å²) < 4.78 is 0. The summed E-state index contributed by atoms with van der Waals surface area (Å²) in [6.07, 6.45) is 9.07. The molecular weight excluding hydrogens is 312 g/mol. The predicted molar refractivity (Wildman–Crippen MR) is 100 cm³/mol. The number of amides is 1. The van der Waals surface area contributed by atoms with E-state index in [9.17, 15) is 4.79 Å². The smallest absolute Gasteiger partial charge is 0.237 e. The Bertz CT molecular complexity index is 554. The highest BCUT2D eigenvalue weighted by Gasteiger charge is 2.47. The second-order valence-electron chi connectivity index (χ2n) is 7.89. The van der Waals surface area contributed by atoms with Gasteiger partial charge < -0.3 is 10.2 Å². The maximum Gasteiger partial charge on any atom is 0.237 e. The first-order valence-corrected chi connectivity index (χ1v) is 9.71. The molecule has 25 heavy (non-hydrogen) atoms. The molecule has 2 aliphatic heterocycles. The molecule has 0 aromatic carbocycles. The first-order chi connectivity index (χ1) is 12.1. The molecule has 1 aromatic heterocycles. The fourth-order valence-corrected chi connectivity index (χ4v) is 4.38. The monoisotopic (exact) mass is 344 g/mol. The van der Waals surface area contributed by atoms with Gasteiger partial charge >= 0.3 is 0 Å². The zero-order valence-corrected chi connectivity index (χ0v) is 15.7. The van der Waals surface area contributed by atoms with Crippen LogP contribution in [0.5, 0.6) is 0 Å². The number of hydrogen-bond donors (Lipinski definition) is 1. The lowest BCUT2D eigenvalue weighted by Crippen LogP contribution is -2.44. The van der Waals surface area contributed by atoms with Crippen molar-refractivity contribution in [2.24, 2.45) is 5.41 Å². The number of likely N-dealkylation sites (tertiary alicyclic amines) is 2. The number of aromatic nitrogens is 1. The van der Waals surface area contributed by atoms with Gasteiger partial charge in [0.1, 0.15) is 0 Å². The Morgan fingerprint density at radius 1 is 1.32 bits per heavy atom. The summed E-state index contributed by atoms with van der Waals surface area (Å²) in [5, 5.41) is 3.18. The van der Waals surface area contributed by atoms with Crippen molar-refractivity contribution in [1.82, 2.24) is 20.1 Å². The first-order valence-electron chi connectivity index (χ1n) is 9.71. The number of rotatable bonds is 6. The van der Waals surface area contributed by atoms with Gasteiger partial charge in [0.05, 0.1) is 6.04 Å². The number of nitrogens with one attached hydrogen (secondary N) is 1. The van der Waals surface area contributed by atoms with Crippen LogP contribution >= 0.6 is 0 Å². The zero-order chi connectivity index (χ0) is 17.7. The third-order valence-corrected chi connectivity index (χ3v) is 5.93. The van der Waals surface area contributed by atoms with Gasteiger partial charge in [0.2, 0.25) is 5.91 Å². The van der Waals surface area contributed by atoms with Gasteiger partial charge in [0.25, 0.3) is 0 Å². The van der Waals surface area contributed by atoms with E-state index >= 15 is 0 Å². The van der Waals surface area contributed by atoms with E-state index in [-0.39, 0.29) is 11.9 Å². The van der Waals surface area contributed by atoms with Crippen molar-refractivity contribution in [3.63, 3.8) is 0 Å². The highest BCUT2D eigenvalue weighted by molar-refractivity contribution is 5.82. The summed E-state index contributed by atoms with van der Waals surface area (Å²) in [6, 6.07) is 4.08. The third kappa shape index (κ3) is 4.59. The Morgan fingerprint density at radius 3 is 2.72 bits per heavy atom. The minimum Gasteiger partial charge on any atom is -0.354 e. The SMILES string of the molecule is CCCN1CC2(CCN(C)CC2)C[C@H]1C(=O)NCCc1ccncc1. The Balaban J connectivity index is 1.55. The molecule has 0 unspecified atom stereocenters. The van der Waals surface area contributed by atoms with Gasteiger partial charge in [-0.3, -0.25) is 14.7 Å². The standard InChI is InChI=1S/C20H32N4O/c1-3-12-24-16-20(7-13-23(2)14-8-20)15-18(24)19(25)22-11-6-17-4-9-21-10-5-17/h4-5,9-10,18H,3,6-8,11-16H2,1-2H3,(H,22,25)/t18-/m0/s1. The van der Waals surface area contributed by atoms with E-state index in [4.69, 9.17) is 0 Å². The van der Waals surface area contributed by atoms with E-state index in [2.05, 4.69) is 34.1 Å². The first kappa shape index (κ1) is 18.3. The molecule has 0 saturated carbocycles. The summed E-state index contributed by atoms with van der Waals surface area (Å²) in [4.78, 5) is 21.7. The van der Waals surface area contributed by atoms with Gasteiger partial charge in [-0.1, -0.05) is 6.92 Å². The highest BCUT2D eigenvalue weighted by Crippen LogP contribution is 2.43. The quantitative estimate of drug-likeness (QED) is 0.857. The Morgan fingerprint density at radius 2 is 2.04 bits per heavy atom. The minimum atomic E-state index is 0.0563. The Kier molecular flexibility index (Phi) is 6.07. The predicted octanol–water partition coefficient (Wildman–Crippen LogP) is 1.94. The molecule has 3 heterocycles. The van der Waals surface area contributed by atoms with Crippen LogP contribution in [0.15, 0.2) is 24.5 Å². The number of hydrogen-bond acceptors (Lipinski definition) is 4. The van der Waals surface area contributed by atoms with Crippen LogP contribution in [0.2, 0.25) is 0 Å². The lowest BCUT2D eigenvalue weighted by Gasteiger charge is -2.37. The lowest BCUT2D eigenvalue weighted by molar-refractivity contribution is -0.125. The average Bonchev–Trinajstić information content (AvgIpc) is 2.97. The van der Waals surface area contributed by atoms with Crippen molar-refractivity contribution in [1.29, 1.82) is 0 Å². The summed E-state index contributed by atoms with van der Waals surface area (Å²) in [5.41, 5.74) is 1.58. The topological polar surface area (TPSA) is 48.5 Å². The summed E-state index contributed by atoms with van der Waals surface area (Å²) in [7, 11) is 2.20. The molecule has 5 nitrogen and oxygen atoms in total. The van der Waals surface area contributed by atoms with Crippen LogP contribution in [-0.4, -0.2) is 66.5 Å². The van der Waals surface area contributed by atoms with Crippen molar-refractivity contribution in [3.05, 3.63) is 30.1 Å². The molecule has 2 fully saturated rings. The second kappa shape index (κ2) is 8.28. The maximum atomic E-state index is 12.8. The average molecular weight is 345 g/mol. The van der Waals surface area contributed by atoms with Crippen LogP contribution in [0.3, 0.4) is 0 Å². The summed E-state index contributed by atoms with van der Waals surface area (Å²) in [5.74, 6) is 0.221. The highest BCUT2D eigenvalue weighted by atomic mass is 16.2. The Labute approximate surface area is 151 Å². The third-order valence-electron chi connectivity index (χ3n) is 5.93. The Hall–Kier alpha value is -1.46. The molecule has 0 bridgehead atoms. The largest absolute Gasteiger partial charge is 0.354 e. The van der Waals surface area contributed by atoms with Crippen LogP contribution < -0.4 is 5.32 Å². The molecule has 0 radical (unpaired) electrons. The molecule has 0 aliphatic carbocycles. The van der Waals surface area contributed by atoms with Gasteiger partial charge in [-0.2, -0.15) is 0 Å². The van der Waals surface area contributed by atoms with Crippen LogP contribution in [0.4, 0.5) is 0 Å². The van der Waals surface area contributed by atoms with Gasteiger partial charge in [0.15, 0.2) is 0 Å². The number of pyridine rings is 1. The molecule has 3 rings (SSSR count). The normalized spacial score (nSPS) is 23.8. The molecular formula is C20H32N4O. The summed E-state index contributed by atoms with van der Waals surface area (Å²) >= 11 is 0. The van der Waals surface area contributed by atoms with E-state index in [1.54, 1.807) is 12.4 Å². The van der Waals surface area contributed by atoms with Crippen molar-refractivity contribution in [3.8, 4) is 0 Å². The van der Waals surface area contributed by atoms with Crippen molar-refractivity contribution < 1.29 is 4.79 Å². The van der Waals surface area contributed by atoms with Gasteiger partial charge in [-0.15, -0.1) is 0 Å². The van der Waals surface area contributed by atoms with Crippen molar-refractivity contribution in [2.75, 3.05) is 39.8 Å². The minimum absolute atomic E-state index is 0.0563. The molecule has 1 N–H and O–H groups in total. The molecule has 1 aromatic rings. The van der Waals surface area contributed by atoms with E-state index < -0.39 is 0 Å². The summed E-state index contributed by atoms with van der Waals surface area (Å²) in [6.45, 7) is 7.36. The van der Waals surface area contributed by atoms with Gasteiger partial charge in [-0.05, 0) is 81.9 Å². The lowest BCUT2D eigenvalue weighted by atomic mass is 9.76. The maximum absolute atomic E-state index is 12.8. The molecule has 1 atom stereocenters. The van der Waals surface area contributed by atoms with E-state index in [0.717, 1.165) is 45.4 Å². The van der Waals surface area contributed by atoms with E-state index in [0.29, 0.717) is 12.0 Å². The number of carbonyl (C=O) groups is 1. The zero-order valence-electron chi connectivity index (χ0n) is 15.7. The van der Waals surface area contributed by atoms with E-state index in [1.165, 1.54) is 18.4 Å². The van der Waals surface area contributed by atoms with Crippen molar-refractivity contribution >= 4 is 5.91 Å². The van der Waals surface area contributed by atoms with Crippen molar-refractivity contribution in [2.45, 2.75) is 45.1 Å². The molecule has 2 saturated heterocycles.